The molecule has 0 aliphatic rings. The summed E-state index contributed by atoms with van der Waals surface area (Å²) in [5, 5.41) is 17.8. The highest BCUT2D eigenvalue weighted by molar-refractivity contribution is 7.91. The molecule has 0 aliphatic carbocycles. The van der Waals surface area contributed by atoms with Gasteiger partial charge in [-0.15, -0.1) is 0 Å². The van der Waals surface area contributed by atoms with Gasteiger partial charge in [-0.3, -0.25) is 14.6 Å². The van der Waals surface area contributed by atoms with Gasteiger partial charge in [0.2, 0.25) is 9.84 Å². The van der Waals surface area contributed by atoms with Gasteiger partial charge >= 0.3 is 0 Å². The fourth-order valence-electron chi connectivity index (χ4n) is 3.66. The molecule has 172 valence electrons. The molecule has 10 heteroatoms. The van der Waals surface area contributed by atoms with E-state index in [2.05, 4.69) is 4.98 Å². The van der Waals surface area contributed by atoms with E-state index < -0.39 is 15.4 Å². The number of aromatic nitrogens is 3. The van der Waals surface area contributed by atoms with Gasteiger partial charge in [0.05, 0.1) is 30.1 Å². The molecule has 3 aromatic heterocycles. The Morgan fingerprint density at radius 1 is 1.09 bits per heavy atom. The second-order valence-electron chi connectivity index (χ2n) is 7.70. The van der Waals surface area contributed by atoms with E-state index in [0.29, 0.717) is 5.65 Å². The quantitative estimate of drug-likeness (QED) is 0.313. The van der Waals surface area contributed by atoms with Crippen LogP contribution in [-0.2, 0) is 21.1 Å². The maximum Gasteiger partial charge on any atom is 0.267 e. The zero-order valence-corrected chi connectivity index (χ0v) is 19.1. The summed E-state index contributed by atoms with van der Waals surface area (Å²) in [6.07, 6.45) is 1.58. The second kappa shape index (κ2) is 8.89. The van der Waals surface area contributed by atoms with Crippen LogP contribution in [0.3, 0.4) is 0 Å². The summed E-state index contributed by atoms with van der Waals surface area (Å²) >= 11 is 0. The SMILES string of the molecule is Cc1ccc(S(=O)(=O)c2cc3c(=O)n4cccc(C)c4nc3n(CCOCCO)c2=N)cc1. The maximum atomic E-state index is 13.4. The molecule has 4 rings (SSSR count). The number of fused-ring (bicyclic) bond motifs is 2. The van der Waals surface area contributed by atoms with E-state index in [9.17, 15) is 13.2 Å². The second-order valence-corrected chi connectivity index (χ2v) is 9.62. The number of sulfone groups is 1. The monoisotopic (exact) mass is 468 g/mol. The fraction of sp³-hybridized carbons (Fsp3) is 0.261. The maximum absolute atomic E-state index is 13.4. The van der Waals surface area contributed by atoms with E-state index in [4.69, 9.17) is 15.3 Å². The van der Waals surface area contributed by atoms with Crippen molar-refractivity contribution in [3.63, 3.8) is 0 Å². The van der Waals surface area contributed by atoms with Gasteiger partial charge in [0.15, 0.2) is 0 Å². The lowest BCUT2D eigenvalue weighted by Gasteiger charge is -2.15. The average Bonchev–Trinajstić information content (AvgIpc) is 2.79. The van der Waals surface area contributed by atoms with E-state index in [1.165, 1.54) is 27.2 Å². The summed E-state index contributed by atoms with van der Waals surface area (Å²) in [6, 6.07) is 11.1. The molecule has 1 aromatic carbocycles. The predicted molar refractivity (Wildman–Crippen MR) is 122 cm³/mol. The first-order chi connectivity index (χ1) is 15.8. The van der Waals surface area contributed by atoms with Gasteiger partial charge in [-0.25, -0.2) is 13.4 Å². The number of hydrogen-bond donors (Lipinski definition) is 2. The highest BCUT2D eigenvalue weighted by Crippen LogP contribution is 2.21. The van der Waals surface area contributed by atoms with Crippen LogP contribution in [0.4, 0.5) is 0 Å². The first-order valence-corrected chi connectivity index (χ1v) is 11.8. The minimum atomic E-state index is -4.08. The Kier molecular flexibility index (Phi) is 6.15. The number of aliphatic hydroxyl groups excluding tert-OH is 1. The molecule has 3 heterocycles. The van der Waals surface area contributed by atoms with Crippen molar-refractivity contribution in [2.24, 2.45) is 0 Å². The molecule has 0 saturated heterocycles. The molecule has 0 spiro atoms. The molecule has 0 unspecified atom stereocenters. The summed E-state index contributed by atoms with van der Waals surface area (Å²) in [4.78, 5) is 17.7. The number of aliphatic hydroxyl groups is 1. The van der Waals surface area contributed by atoms with Crippen LogP contribution in [0.1, 0.15) is 11.1 Å². The first kappa shape index (κ1) is 22.8. The van der Waals surface area contributed by atoms with Gasteiger partial charge in [0.1, 0.15) is 21.7 Å². The molecule has 2 N–H and O–H groups in total. The molecule has 33 heavy (non-hydrogen) atoms. The molecule has 0 bridgehead atoms. The van der Waals surface area contributed by atoms with Gasteiger partial charge in [-0.1, -0.05) is 23.8 Å². The third-order valence-electron chi connectivity index (χ3n) is 5.41. The van der Waals surface area contributed by atoms with Gasteiger partial charge < -0.3 is 14.4 Å². The average molecular weight is 469 g/mol. The Bertz CT molecular complexity index is 1570. The summed E-state index contributed by atoms with van der Waals surface area (Å²) in [7, 11) is -4.08. The molecule has 0 radical (unpaired) electrons. The standard InChI is InChI=1S/C23H24N4O5S/c1-15-5-7-17(8-6-15)33(30,31)19-14-18-22(26(20(19)24)10-12-32-13-11-28)25-21-16(2)4-3-9-27(21)23(18)29/h3-9,14,24,28H,10-13H2,1-2H3. The van der Waals surface area contributed by atoms with Crippen molar-refractivity contribution in [2.45, 2.75) is 30.2 Å². The van der Waals surface area contributed by atoms with Crippen LogP contribution >= 0.6 is 0 Å². The Hall–Kier alpha value is -3.34. The normalized spacial score (nSPS) is 12.0. The number of pyridine rings is 2. The Balaban J connectivity index is 2.04. The van der Waals surface area contributed by atoms with E-state index >= 15 is 0 Å². The largest absolute Gasteiger partial charge is 0.394 e. The smallest absolute Gasteiger partial charge is 0.267 e. The van der Waals surface area contributed by atoms with Crippen LogP contribution in [0.15, 0.2) is 63.2 Å². The van der Waals surface area contributed by atoms with Gasteiger partial charge in [0, 0.05) is 12.7 Å². The van der Waals surface area contributed by atoms with Gasteiger partial charge in [-0.2, -0.15) is 0 Å². The van der Waals surface area contributed by atoms with Crippen LogP contribution in [-0.4, -0.2) is 47.3 Å². The third-order valence-corrected chi connectivity index (χ3v) is 7.20. The number of hydrogen-bond acceptors (Lipinski definition) is 7. The molecule has 0 saturated carbocycles. The summed E-state index contributed by atoms with van der Waals surface area (Å²) < 4.78 is 35.0. The molecule has 0 aliphatic heterocycles. The lowest BCUT2D eigenvalue weighted by Crippen LogP contribution is -2.31. The van der Waals surface area contributed by atoms with Crippen LogP contribution in [0.5, 0.6) is 0 Å². The van der Waals surface area contributed by atoms with Crippen molar-refractivity contribution in [1.82, 2.24) is 14.0 Å². The number of nitrogens with zero attached hydrogens (tertiary/aromatic N) is 3. The highest BCUT2D eigenvalue weighted by atomic mass is 32.2. The minimum Gasteiger partial charge on any atom is -0.394 e. The Morgan fingerprint density at radius 3 is 2.52 bits per heavy atom. The number of rotatable bonds is 7. The third kappa shape index (κ3) is 4.08. The molecule has 4 aromatic rings. The molecular formula is C23H24N4O5S. The highest BCUT2D eigenvalue weighted by Gasteiger charge is 2.24. The van der Waals surface area contributed by atoms with Gasteiger partial charge in [-0.05, 0) is 43.7 Å². The lowest BCUT2D eigenvalue weighted by molar-refractivity contribution is 0.0867. The van der Waals surface area contributed by atoms with E-state index in [0.717, 1.165) is 11.1 Å². The number of aryl methyl sites for hydroxylation is 2. The molecule has 0 atom stereocenters. The number of benzene rings is 1. The van der Waals surface area contributed by atoms with Crippen molar-refractivity contribution in [1.29, 1.82) is 5.41 Å². The fourth-order valence-corrected chi connectivity index (χ4v) is 5.05. The van der Waals surface area contributed by atoms with Crippen molar-refractivity contribution in [3.05, 3.63) is 75.6 Å². The van der Waals surface area contributed by atoms with Gasteiger partial charge in [0.25, 0.3) is 5.56 Å². The lowest BCUT2D eigenvalue weighted by atomic mass is 10.2. The summed E-state index contributed by atoms with van der Waals surface area (Å²) in [5.74, 6) is 0. The van der Waals surface area contributed by atoms with Crippen molar-refractivity contribution >= 4 is 26.5 Å². The van der Waals surface area contributed by atoms with Crippen molar-refractivity contribution in [2.75, 3.05) is 19.8 Å². The number of nitrogens with one attached hydrogen (secondary N) is 1. The first-order valence-electron chi connectivity index (χ1n) is 10.4. The van der Waals surface area contributed by atoms with E-state index in [-0.39, 0.29) is 52.7 Å². The minimum absolute atomic E-state index is 0.0359. The van der Waals surface area contributed by atoms with E-state index in [1.54, 1.807) is 24.4 Å². The molecular weight excluding hydrogens is 444 g/mol. The van der Waals surface area contributed by atoms with Crippen molar-refractivity contribution < 1.29 is 18.3 Å². The summed E-state index contributed by atoms with van der Waals surface area (Å²) in [5.41, 5.74) is 1.58. The molecule has 0 amide bonds. The summed E-state index contributed by atoms with van der Waals surface area (Å²) in [6.45, 7) is 3.80. The topological polar surface area (TPSA) is 127 Å². The van der Waals surface area contributed by atoms with Crippen LogP contribution in [0, 0.1) is 19.3 Å². The molecule has 9 nitrogen and oxygen atoms in total. The predicted octanol–water partition coefficient (Wildman–Crippen LogP) is 1.59. The Morgan fingerprint density at radius 2 is 1.82 bits per heavy atom. The van der Waals surface area contributed by atoms with Crippen LogP contribution in [0.25, 0.3) is 16.7 Å². The Labute approximate surface area is 190 Å². The van der Waals surface area contributed by atoms with Crippen LogP contribution < -0.4 is 11.0 Å². The number of ether oxygens (including phenoxy) is 1. The van der Waals surface area contributed by atoms with Crippen LogP contribution in [0.2, 0.25) is 0 Å². The molecule has 0 fully saturated rings. The van der Waals surface area contributed by atoms with E-state index in [1.807, 2.05) is 19.9 Å². The zero-order chi connectivity index (χ0) is 23.8. The zero-order valence-electron chi connectivity index (χ0n) is 18.3. The van der Waals surface area contributed by atoms with Crippen molar-refractivity contribution in [3.8, 4) is 0 Å².